The van der Waals surface area contributed by atoms with Crippen molar-refractivity contribution >= 4 is 28.8 Å². The van der Waals surface area contributed by atoms with Crippen LogP contribution in [0.5, 0.6) is 0 Å². The molecule has 4 nitrogen and oxygen atoms in total. The lowest BCUT2D eigenvalue weighted by molar-refractivity contribution is 0.0766. The normalized spacial score (nSPS) is 16.5. The molecule has 3 rings (SSSR count). The summed E-state index contributed by atoms with van der Waals surface area (Å²) < 4.78 is 0.663. The predicted molar refractivity (Wildman–Crippen MR) is 89.4 cm³/mol. The first-order valence-electron chi connectivity index (χ1n) is 7.38. The van der Waals surface area contributed by atoms with Gasteiger partial charge in [-0.15, -0.1) is 11.3 Å². The monoisotopic (exact) mass is 335 g/mol. The zero-order valence-electron chi connectivity index (χ0n) is 12.2. The molecule has 0 radical (unpaired) electrons. The fraction of sp³-hybridized carbons (Fsp3) is 0.375. The zero-order chi connectivity index (χ0) is 15.4. The molecule has 0 aromatic carbocycles. The van der Waals surface area contributed by atoms with Gasteiger partial charge in [0.15, 0.2) is 0 Å². The lowest BCUT2D eigenvalue weighted by atomic mass is 10.2. The number of carbonyl (C=O) groups excluding carboxylic acids is 1. The van der Waals surface area contributed by atoms with Gasteiger partial charge in [-0.25, -0.2) is 0 Å². The summed E-state index contributed by atoms with van der Waals surface area (Å²) in [6.07, 6.45) is 4.69. The van der Waals surface area contributed by atoms with Crippen LogP contribution in [0, 0.1) is 0 Å². The number of nitrogens with zero attached hydrogens (tertiary/aromatic N) is 3. The molecule has 1 fully saturated rings. The van der Waals surface area contributed by atoms with Crippen molar-refractivity contribution in [2.75, 3.05) is 26.2 Å². The summed E-state index contributed by atoms with van der Waals surface area (Å²) in [5.41, 5.74) is 1.22. The summed E-state index contributed by atoms with van der Waals surface area (Å²) in [4.78, 5) is 21.7. The van der Waals surface area contributed by atoms with Crippen LogP contribution in [0.4, 0.5) is 0 Å². The molecule has 1 amide bonds. The molecule has 0 N–H and O–H groups in total. The average molecular weight is 336 g/mol. The molecule has 0 atom stereocenters. The van der Waals surface area contributed by atoms with Crippen molar-refractivity contribution in [3.05, 3.63) is 51.4 Å². The molecule has 22 heavy (non-hydrogen) atoms. The summed E-state index contributed by atoms with van der Waals surface area (Å²) in [5.74, 6) is 0.0973. The van der Waals surface area contributed by atoms with Crippen LogP contribution < -0.4 is 0 Å². The van der Waals surface area contributed by atoms with Crippen molar-refractivity contribution < 1.29 is 4.79 Å². The van der Waals surface area contributed by atoms with Crippen LogP contribution in [0.3, 0.4) is 0 Å². The number of halogens is 1. The van der Waals surface area contributed by atoms with Crippen molar-refractivity contribution in [2.24, 2.45) is 0 Å². The lowest BCUT2D eigenvalue weighted by Gasteiger charge is -2.21. The highest BCUT2D eigenvalue weighted by Gasteiger charge is 2.21. The topological polar surface area (TPSA) is 36.4 Å². The summed E-state index contributed by atoms with van der Waals surface area (Å²) in [5, 5.41) is 0. The van der Waals surface area contributed by atoms with Crippen molar-refractivity contribution in [2.45, 2.75) is 13.0 Å². The average Bonchev–Trinajstić information content (AvgIpc) is 2.83. The van der Waals surface area contributed by atoms with E-state index in [9.17, 15) is 4.79 Å². The minimum absolute atomic E-state index is 0.0973. The Balaban J connectivity index is 1.59. The minimum Gasteiger partial charge on any atom is -0.337 e. The number of rotatable bonds is 3. The van der Waals surface area contributed by atoms with Crippen LogP contribution in [-0.4, -0.2) is 46.9 Å². The molecule has 0 saturated carbocycles. The molecule has 6 heteroatoms. The predicted octanol–water partition coefficient (Wildman–Crippen LogP) is 3.14. The van der Waals surface area contributed by atoms with Gasteiger partial charge in [0.05, 0.1) is 9.21 Å². The van der Waals surface area contributed by atoms with Gasteiger partial charge in [-0.05, 0) is 30.2 Å². The maximum absolute atomic E-state index is 12.5. The second-order valence-electron chi connectivity index (χ2n) is 5.39. The number of amides is 1. The van der Waals surface area contributed by atoms with E-state index in [4.69, 9.17) is 11.6 Å². The molecule has 0 unspecified atom stereocenters. The van der Waals surface area contributed by atoms with E-state index in [1.54, 1.807) is 12.3 Å². The van der Waals surface area contributed by atoms with E-state index >= 15 is 0 Å². The minimum atomic E-state index is 0.0973. The van der Waals surface area contributed by atoms with Gasteiger partial charge in [0, 0.05) is 45.1 Å². The van der Waals surface area contributed by atoms with Gasteiger partial charge in [0.1, 0.15) is 0 Å². The summed E-state index contributed by atoms with van der Waals surface area (Å²) >= 11 is 7.27. The quantitative estimate of drug-likeness (QED) is 0.864. The zero-order valence-corrected chi connectivity index (χ0v) is 13.8. The number of carbonyl (C=O) groups is 1. The van der Waals surface area contributed by atoms with Crippen molar-refractivity contribution in [3.8, 4) is 0 Å². The van der Waals surface area contributed by atoms with Crippen molar-refractivity contribution in [3.63, 3.8) is 0 Å². The number of thiophene rings is 1. The number of pyridine rings is 1. The number of hydrogen-bond acceptors (Lipinski definition) is 4. The third-order valence-corrected chi connectivity index (χ3v) is 5.01. The maximum Gasteiger partial charge on any atom is 0.264 e. The highest BCUT2D eigenvalue weighted by Crippen LogP contribution is 2.23. The van der Waals surface area contributed by atoms with Gasteiger partial charge < -0.3 is 4.90 Å². The van der Waals surface area contributed by atoms with E-state index in [1.807, 2.05) is 23.2 Å². The van der Waals surface area contributed by atoms with E-state index in [0.29, 0.717) is 4.34 Å². The summed E-state index contributed by atoms with van der Waals surface area (Å²) in [7, 11) is 0. The Kier molecular flexibility index (Phi) is 5.08. The standard InChI is InChI=1S/C16H18ClN3OS/c17-15-5-4-14(22-15)16(21)20-8-2-7-19(9-10-20)12-13-3-1-6-18-11-13/h1,3-6,11H,2,7-10,12H2. The Bertz CT molecular complexity index is 631. The van der Waals surface area contributed by atoms with E-state index in [0.717, 1.165) is 44.0 Å². The Morgan fingerprint density at radius 3 is 2.86 bits per heavy atom. The van der Waals surface area contributed by atoms with Crippen LogP contribution in [0.1, 0.15) is 21.7 Å². The second-order valence-corrected chi connectivity index (χ2v) is 7.10. The van der Waals surface area contributed by atoms with E-state index in [2.05, 4.69) is 16.0 Å². The van der Waals surface area contributed by atoms with Gasteiger partial charge in [0.2, 0.25) is 0 Å². The molecule has 0 aliphatic carbocycles. The highest BCUT2D eigenvalue weighted by atomic mass is 35.5. The van der Waals surface area contributed by atoms with Crippen molar-refractivity contribution in [1.82, 2.24) is 14.8 Å². The molecule has 0 spiro atoms. The van der Waals surface area contributed by atoms with Crippen LogP contribution in [0.15, 0.2) is 36.7 Å². The smallest absolute Gasteiger partial charge is 0.264 e. The fourth-order valence-electron chi connectivity index (χ4n) is 2.67. The first kappa shape index (κ1) is 15.5. The van der Waals surface area contributed by atoms with E-state index in [1.165, 1.54) is 16.9 Å². The first-order valence-corrected chi connectivity index (χ1v) is 8.58. The SMILES string of the molecule is O=C(c1ccc(Cl)s1)N1CCCN(Cc2cccnc2)CC1. The first-order chi connectivity index (χ1) is 10.7. The largest absolute Gasteiger partial charge is 0.337 e. The molecular formula is C16H18ClN3OS. The van der Waals surface area contributed by atoms with Crippen LogP contribution in [-0.2, 0) is 6.54 Å². The Labute approximate surface area is 139 Å². The van der Waals surface area contributed by atoms with E-state index < -0.39 is 0 Å². The molecule has 0 bridgehead atoms. The van der Waals surface area contributed by atoms with Gasteiger partial charge in [-0.1, -0.05) is 17.7 Å². The highest BCUT2D eigenvalue weighted by molar-refractivity contribution is 7.17. The van der Waals surface area contributed by atoms with Crippen molar-refractivity contribution in [1.29, 1.82) is 0 Å². The van der Waals surface area contributed by atoms with Gasteiger partial charge in [-0.3, -0.25) is 14.7 Å². The molecule has 2 aromatic rings. The molecular weight excluding hydrogens is 318 g/mol. The van der Waals surface area contributed by atoms with Crippen LogP contribution in [0.25, 0.3) is 0 Å². The number of hydrogen-bond donors (Lipinski definition) is 0. The second kappa shape index (κ2) is 7.22. The lowest BCUT2D eigenvalue weighted by Crippen LogP contribution is -2.34. The van der Waals surface area contributed by atoms with Crippen LogP contribution in [0.2, 0.25) is 4.34 Å². The molecule has 116 valence electrons. The van der Waals surface area contributed by atoms with E-state index in [-0.39, 0.29) is 5.91 Å². The third kappa shape index (κ3) is 3.85. The molecule has 1 aliphatic heterocycles. The number of aromatic nitrogens is 1. The molecule has 1 aliphatic rings. The Hall–Kier alpha value is -1.43. The Morgan fingerprint density at radius 1 is 1.23 bits per heavy atom. The van der Waals surface area contributed by atoms with Gasteiger partial charge >= 0.3 is 0 Å². The summed E-state index contributed by atoms with van der Waals surface area (Å²) in [6, 6.07) is 7.65. The fourth-order valence-corrected chi connectivity index (χ4v) is 3.68. The molecule has 1 saturated heterocycles. The van der Waals surface area contributed by atoms with Crippen LogP contribution >= 0.6 is 22.9 Å². The van der Waals surface area contributed by atoms with Gasteiger partial charge in [-0.2, -0.15) is 0 Å². The molecule has 3 heterocycles. The summed E-state index contributed by atoms with van der Waals surface area (Å²) in [6.45, 7) is 4.34. The molecule has 2 aromatic heterocycles. The Morgan fingerprint density at radius 2 is 2.14 bits per heavy atom. The van der Waals surface area contributed by atoms with Gasteiger partial charge in [0.25, 0.3) is 5.91 Å². The maximum atomic E-state index is 12.5. The third-order valence-electron chi connectivity index (χ3n) is 3.79.